The number of alkyl halides is 3. The number of anilines is 1. The molecular weight excluding hydrogens is 457 g/mol. The molecule has 3 rings (SSSR count). The SMILES string of the molecule is C[C@@H](NC(=O)c1cnc2cc(C(F)(F)F)ccc2c1)c1cc(F)c(NS(C)(=O)=O)c(F)c1. The van der Waals surface area contributed by atoms with Crippen LogP contribution in [0.4, 0.5) is 27.6 Å². The van der Waals surface area contributed by atoms with Crippen LogP contribution in [0.5, 0.6) is 0 Å². The second-order valence-corrected chi connectivity index (χ2v) is 8.81. The number of halogens is 5. The first-order valence-corrected chi connectivity index (χ1v) is 10.9. The third kappa shape index (κ3) is 5.31. The van der Waals surface area contributed by atoms with Crippen molar-refractivity contribution in [2.24, 2.45) is 0 Å². The monoisotopic (exact) mass is 473 g/mol. The highest BCUT2D eigenvalue weighted by molar-refractivity contribution is 7.92. The van der Waals surface area contributed by atoms with Gasteiger partial charge in [0.1, 0.15) is 5.69 Å². The minimum Gasteiger partial charge on any atom is -0.345 e. The van der Waals surface area contributed by atoms with E-state index in [-0.39, 0.29) is 16.6 Å². The van der Waals surface area contributed by atoms with E-state index in [1.807, 2.05) is 0 Å². The van der Waals surface area contributed by atoms with Gasteiger partial charge in [-0.3, -0.25) is 14.5 Å². The van der Waals surface area contributed by atoms with Crippen molar-refractivity contribution in [3.63, 3.8) is 0 Å². The molecule has 2 aromatic carbocycles. The first kappa shape index (κ1) is 23.4. The van der Waals surface area contributed by atoms with Gasteiger partial charge in [-0.25, -0.2) is 17.2 Å². The van der Waals surface area contributed by atoms with E-state index in [2.05, 4.69) is 10.3 Å². The molecule has 0 saturated heterocycles. The molecule has 1 amide bonds. The number of nitrogens with zero attached hydrogens (tertiary/aromatic N) is 1. The molecule has 170 valence electrons. The Morgan fingerprint density at radius 2 is 1.69 bits per heavy atom. The van der Waals surface area contributed by atoms with Crippen molar-refractivity contribution in [1.82, 2.24) is 10.3 Å². The summed E-state index contributed by atoms with van der Waals surface area (Å²) in [6.07, 6.45) is -2.70. The lowest BCUT2D eigenvalue weighted by atomic mass is 10.1. The molecule has 3 aromatic rings. The lowest BCUT2D eigenvalue weighted by Gasteiger charge is -2.16. The highest BCUT2D eigenvalue weighted by Gasteiger charge is 2.30. The van der Waals surface area contributed by atoms with Crippen LogP contribution in [-0.2, 0) is 16.2 Å². The average molecular weight is 473 g/mol. The number of carbonyl (C=O) groups is 1. The Kier molecular flexibility index (Phi) is 6.09. The van der Waals surface area contributed by atoms with Crippen molar-refractivity contribution in [1.29, 1.82) is 0 Å². The summed E-state index contributed by atoms with van der Waals surface area (Å²) in [6, 6.07) is 5.11. The molecule has 0 aliphatic carbocycles. The number of hydrogen-bond acceptors (Lipinski definition) is 4. The molecule has 0 fully saturated rings. The van der Waals surface area contributed by atoms with Crippen LogP contribution in [0.3, 0.4) is 0 Å². The quantitative estimate of drug-likeness (QED) is 0.538. The summed E-state index contributed by atoms with van der Waals surface area (Å²) in [5, 5.41) is 2.80. The van der Waals surface area contributed by atoms with Crippen LogP contribution in [0, 0.1) is 11.6 Å². The Morgan fingerprint density at radius 3 is 2.25 bits per heavy atom. The van der Waals surface area contributed by atoms with Gasteiger partial charge in [0, 0.05) is 11.6 Å². The Labute approximate surface area is 179 Å². The second kappa shape index (κ2) is 8.34. The molecule has 0 unspecified atom stereocenters. The lowest BCUT2D eigenvalue weighted by Crippen LogP contribution is -2.27. The highest BCUT2D eigenvalue weighted by atomic mass is 32.2. The fourth-order valence-electron chi connectivity index (χ4n) is 2.91. The van der Waals surface area contributed by atoms with Crippen molar-refractivity contribution in [2.45, 2.75) is 19.1 Å². The standard InChI is InChI=1S/C20H16F5N3O3S/c1-10(12-6-15(21)18(16(22)7-12)28-32(2,30)31)27-19(29)13-5-11-3-4-14(20(23,24)25)8-17(11)26-9-13/h3-10,28H,1-2H3,(H,27,29)/t10-/m1/s1. The minimum absolute atomic E-state index is 0.0240. The van der Waals surface area contributed by atoms with Crippen LogP contribution in [0.2, 0.25) is 0 Å². The minimum atomic E-state index is -4.53. The van der Waals surface area contributed by atoms with Gasteiger partial charge in [-0.1, -0.05) is 6.07 Å². The summed E-state index contributed by atoms with van der Waals surface area (Å²) in [5.41, 5.74) is -1.62. The van der Waals surface area contributed by atoms with Gasteiger partial charge in [-0.05, 0) is 42.8 Å². The Morgan fingerprint density at radius 1 is 1.06 bits per heavy atom. The zero-order chi connectivity index (χ0) is 23.8. The van der Waals surface area contributed by atoms with E-state index in [1.165, 1.54) is 19.1 Å². The fraction of sp³-hybridized carbons (Fsp3) is 0.200. The average Bonchev–Trinajstić information content (AvgIpc) is 2.68. The molecular formula is C20H16F5N3O3S. The number of carbonyl (C=O) groups excluding carboxylic acids is 1. The first-order valence-electron chi connectivity index (χ1n) is 8.99. The van der Waals surface area contributed by atoms with Crippen LogP contribution in [0.25, 0.3) is 10.9 Å². The number of aromatic nitrogens is 1. The largest absolute Gasteiger partial charge is 0.416 e. The summed E-state index contributed by atoms with van der Waals surface area (Å²) in [4.78, 5) is 16.4. The smallest absolute Gasteiger partial charge is 0.345 e. The molecule has 0 aliphatic rings. The van der Waals surface area contributed by atoms with Crippen LogP contribution in [0.15, 0.2) is 42.6 Å². The Hall–Kier alpha value is -3.28. The normalized spacial score (nSPS) is 13.1. The van der Waals surface area contributed by atoms with Crippen molar-refractivity contribution < 1.29 is 35.2 Å². The van der Waals surface area contributed by atoms with Gasteiger partial charge < -0.3 is 5.32 Å². The molecule has 1 heterocycles. The van der Waals surface area contributed by atoms with Gasteiger partial charge in [-0.2, -0.15) is 13.2 Å². The van der Waals surface area contributed by atoms with E-state index in [0.29, 0.717) is 5.39 Å². The number of amides is 1. The van der Waals surface area contributed by atoms with Gasteiger partial charge in [0.05, 0.1) is 28.9 Å². The maximum atomic E-state index is 14.2. The predicted molar refractivity (Wildman–Crippen MR) is 107 cm³/mol. The number of fused-ring (bicyclic) bond motifs is 1. The van der Waals surface area contributed by atoms with Crippen LogP contribution in [0.1, 0.15) is 34.5 Å². The highest BCUT2D eigenvalue weighted by Crippen LogP contribution is 2.31. The molecule has 0 spiro atoms. The number of nitrogens with one attached hydrogen (secondary N) is 2. The molecule has 1 aromatic heterocycles. The molecule has 2 N–H and O–H groups in total. The summed E-state index contributed by atoms with van der Waals surface area (Å²) < 4.78 is 91.0. The van der Waals surface area contributed by atoms with Crippen molar-refractivity contribution in [2.75, 3.05) is 11.0 Å². The third-order valence-corrected chi connectivity index (χ3v) is 5.05. The first-order chi connectivity index (χ1) is 14.7. The van der Waals surface area contributed by atoms with Crippen LogP contribution in [-0.4, -0.2) is 25.6 Å². The molecule has 32 heavy (non-hydrogen) atoms. The molecule has 12 heteroatoms. The summed E-state index contributed by atoms with van der Waals surface area (Å²) in [7, 11) is -3.91. The third-order valence-electron chi connectivity index (χ3n) is 4.47. The zero-order valence-corrected chi connectivity index (χ0v) is 17.4. The Balaban J connectivity index is 1.81. The lowest BCUT2D eigenvalue weighted by molar-refractivity contribution is -0.137. The van der Waals surface area contributed by atoms with E-state index in [9.17, 15) is 35.2 Å². The topological polar surface area (TPSA) is 88.2 Å². The number of rotatable bonds is 5. The zero-order valence-electron chi connectivity index (χ0n) is 16.6. The molecule has 0 aliphatic heterocycles. The Bertz CT molecular complexity index is 1290. The molecule has 0 radical (unpaired) electrons. The van der Waals surface area contributed by atoms with Gasteiger partial charge in [0.2, 0.25) is 10.0 Å². The van der Waals surface area contributed by atoms with Crippen molar-refractivity contribution in [3.8, 4) is 0 Å². The van der Waals surface area contributed by atoms with Gasteiger partial charge >= 0.3 is 6.18 Å². The fourth-order valence-corrected chi connectivity index (χ4v) is 3.48. The number of pyridine rings is 1. The maximum absolute atomic E-state index is 14.2. The van der Waals surface area contributed by atoms with Gasteiger partial charge in [0.25, 0.3) is 5.91 Å². The second-order valence-electron chi connectivity index (χ2n) is 7.06. The van der Waals surface area contributed by atoms with E-state index < -0.39 is 51.0 Å². The van der Waals surface area contributed by atoms with Crippen LogP contribution >= 0.6 is 0 Å². The summed E-state index contributed by atoms with van der Waals surface area (Å²) in [5.74, 6) is -3.01. The predicted octanol–water partition coefficient (Wildman–Crippen LogP) is 4.39. The molecule has 6 nitrogen and oxygen atoms in total. The van der Waals surface area contributed by atoms with Gasteiger partial charge in [0.15, 0.2) is 11.6 Å². The van der Waals surface area contributed by atoms with Gasteiger partial charge in [-0.15, -0.1) is 0 Å². The van der Waals surface area contributed by atoms with E-state index >= 15 is 0 Å². The number of sulfonamides is 1. The maximum Gasteiger partial charge on any atom is 0.416 e. The van der Waals surface area contributed by atoms with E-state index in [4.69, 9.17) is 0 Å². The summed E-state index contributed by atoms with van der Waals surface area (Å²) in [6.45, 7) is 1.44. The van der Waals surface area contributed by atoms with Crippen LogP contribution < -0.4 is 10.0 Å². The van der Waals surface area contributed by atoms with E-state index in [0.717, 1.165) is 36.7 Å². The summed E-state index contributed by atoms with van der Waals surface area (Å²) >= 11 is 0. The van der Waals surface area contributed by atoms with Crippen molar-refractivity contribution >= 4 is 32.5 Å². The molecule has 0 saturated carbocycles. The number of hydrogen-bond donors (Lipinski definition) is 2. The number of benzene rings is 2. The van der Waals surface area contributed by atoms with E-state index in [1.54, 1.807) is 4.72 Å². The molecule has 0 bridgehead atoms. The van der Waals surface area contributed by atoms with Crippen molar-refractivity contribution in [3.05, 3.63) is 70.9 Å². The molecule has 1 atom stereocenters.